The molecule has 0 spiro atoms. The van der Waals surface area contributed by atoms with Crippen molar-refractivity contribution < 1.29 is 14.3 Å². The van der Waals surface area contributed by atoms with E-state index in [2.05, 4.69) is 10.6 Å². The Morgan fingerprint density at radius 3 is 2.35 bits per heavy atom. The summed E-state index contributed by atoms with van der Waals surface area (Å²) in [4.78, 5) is 23.2. The highest BCUT2D eigenvalue weighted by molar-refractivity contribution is 5.97. The van der Waals surface area contributed by atoms with Crippen LogP contribution in [0.1, 0.15) is 20.3 Å². The highest BCUT2D eigenvalue weighted by Crippen LogP contribution is 2.16. The summed E-state index contributed by atoms with van der Waals surface area (Å²) >= 11 is 0. The van der Waals surface area contributed by atoms with Gasteiger partial charge in [0.25, 0.3) is 0 Å². The maximum Gasteiger partial charge on any atom is 0.312 e. The second kappa shape index (κ2) is 7.37. The average molecular weight is 279 g/mol. The van der Waals surface area contributed by atoms with Crippen molar-refractivity contribution in [2.24, 2.45) is 11.7 Å². The van der Waals surface area contributed by atoms with E-state index < -0.39 is 12.1 Å². The standard InChI is InChI=1S/C14H21N3O3/c1-4-9(2)12(17-14(15)19)13(18)16-10-5-7-11(20-3)8-6-10/h5-9,12H,4H2,1-3H3,(H,16,18)(H3,15,17,19)/t9-,12+/m1/s1. The fourth-order valence-corrected chi connectivity index (χ4v) is 1.75. The zero-order valence-corrected chi connectivity index (χ0v) is 12.0. The number of nitrogens with one attached hydrogen (secondary N) is 2. The Hall–Kier alpha value is -2.24. The first-order valence-electron chi connectivity index (χ1n) is 6.48. The molecule has 4 N–H and O–H groups in total. The van der Waals surface area contributed by atoms with Gasteiger partial charge in [-0.3, -0.25) is 4.79 Å². The Morgan fingerprint density at radius 2 is 1.90 bits per heavy atom. The SMILES string of the molecule is CC[C@@H](C)[C@H](NC(N)=O)C(=O)Nc1ccc(OC)cc1. The molecule has 0 aromatic heterocycles. The molecule has 3 amide bonds. The van der Waals surface area contributed by atoms with Crippen molar-refractivity contribution in [3.05, 3.63) is 24.3 Å². The van der Waals surface area contributed by atoms with E-state index in [1.165, 1.54) is 0 Å². The fourth-order valence-electron chi connectivity index (χ4n) is 1.75. The maximum atomic E-state index is 12.2. The van der Waals surface area contributed by atoms with Crippen LogP contribution in [0.15, 0.2) is 24.3 Å². The number of ether oxygens (including phenoxy) is 1. The number of carbonyl (C=O) groups excluding carboxylic acids is 2. The van der Waals surface area contributed by atoms with E-state index in [0.29, 0.717) is 11.4 Å². The van der Waals surface area contributed by atoms with Crippen molar-refractivity contribution in [1.82, 2.24) is 5.32 Å². The van der Waals surface area contributed by atoms with Crippen LogP contribution in [0.25, 0.3) is 0 Å². The highest BCUT2D eigenvalue weighted by atomic mass is 16.5. The average Bonchev–Trinajstić information content (AvgIpc) is 2.44. The minimum atomic E-state index is -0.708. The van der Waals surface area contributed by atoms with Crippen LogP contribution in [0.2, 0.25) is 0 Å². The van der Waals surface area contributed by atoms with Gasteiger partial charge >= 0.3 is 6.03 Å². The number of anilines is 1. The molecule has 0 fully saturated rings. The summed E-state index contributed by atoms with van der Waals surface area (Å²) in [6, 6.07) is 5.59. The van der Waals surface area contributed by atoms with Gasteiger partial charge in [0.2, 0.25) is 5.91 Å². The van der Waals surface area contributed by atoms with Gasteiger partial charge in [0.1, 0.15) is 11.8 Å². The van der Waals surface area contributed by atoms with Gasteiger partial charge in [-0.05, 0) is 30.2 Å². The number of nitrogens with two attached hydrogens (primary N) is 1. The number of amides is 3. The number of hydrogen-bond donors (Lipinski definition) is 3. The molecule has 0 heterocycles. The van der Waals surface area contributed by atoms with Gasteiger partial charge in [-0.25, -0.2) is 4.79 Å². The summed E-state index contributed by atoms with van der Waals surface area (Å²) in [5.74, 6) is 0.404. The van der Waals surface area contributed by atoms with Crippen molar-refractivity contribution in [3.63, 3.8) is 0 Å². The molecule has 0 unspecified atom stereocenters. The third-order valence-electron chi connectivity index (χ3n) is 3.15. The van der Waals surface area contributed by atoms with Crippen LogP contribution >= 0.6 is 0 Å². The largest absolute Gasteiger partial charge is 0.497 e. The van der Waals surface area contributed by atoms with Gasteiger partial charge in [0.15, 0.2) is 0 Å². The van der Waals surface area contributed by atoms with E-state index in [4.69, 9.17) is 10.5 Å². The lowest BCUT2D eigenvalue weighted by molar-refractivity contribution is -0.119. The topological polar surface area (TPSA) is 93.5 Å². The molecule has 0 aliphatic rings. The lowest BCUT2D eigenvalue weighted by atomic mass is 9.98. The fraction of sp³-hybridized carbons (Fsp3) is 0.429. The van der Waals surface area contributed by atoms with Crippen molar-refractivity contribution in [2.75, 3.05) is 12.4 Å². The van der Waals surface area contributed by atoms with Crippen LogP contribution in [-0.4, -0.2) is 25.1 Å². The molecule has 1 aromatic rings. The van der Waals surface area contributed by atoms with Crippen LogP contribution in [0.5, 0.6) is 5.75 Å². The van der Waals surface area contributed by atoms with E-state index in [1.807, 2.05) is 13.8 Å². The van der Waals surface area contributed by atoms with Crippen molar-refractivity contribution in [3.8, 4) is 5.75 Å². The van der Waals surface area contributed by atoms with Crippen LogP contribution in [-0.2, 0) is 4.79 Å². The zero-order valence-electron chi connectivity index (χ0n) is 12.0. The van der Waals surface area contributed by atoms with E-state index in [1.54, 1.807) is 31.4 Å². The maximum absolute atomic E-state index is 12.2. The van der Waals surface area contributed by atoms with E-state index in [-0.39, 0.29) is 11.8 Å². The van der Waals surface area contributed by atoms with Crippen LogP contribution in [0.4, 0.5) is 10.5 Å². The lowest BCUT2D eigenvalue weighted by Gasteiger charge is -2.22. The molecule has 20 heavy (non-hydrogen) atoms. The summed E-state index contributed by atoms with van der Waals surface area (Å²) in [5, 5.41) is 5.22. The monoisotopic (exact) mass is 279 g/mol. The van der Waals surface area contributed by atoms with Crippen LogP contribution in [0.3, 0.4) is 0 Å². The van der Waals surface area contributed by atoms with Gasteiger partial charge in [-0.15, -0.1) is 0 Å². The molecule has 1 rings (SSSR count). The lowest BCUT2D eigenvalue weighted by Crippen LogP contribution is -2.49. The molecule has 110 valence electrons. The number of benzene rings is 1. The Balaban J connectivity index is 2.76. The Kier molecular flexibility index (Phi) is 5.83. The molecular weight excluding hydrogens is 258 g/mol. The second-order valence-electron chi connectivity index (χ2n) is 4.59. The molecule has 6 nitrogen and oxygen atoms in total. The Labute approximate surface area is 118 Å². The second-order valence-corrected chi connectivity index (χ2v) is 4.59. The molecule has 0 saturated heterocycles. The zero-order chi connectivity index (χ0) is 15.1. The molecule has 0 radical (unpaired) electrons. The molecule has 6 heteroatoms. The summed E-state index contributed by atoms with van der Waals surface area (Å²) in [7, 11) is 1.57. The summed E-state index contributed by atoms with van der Waals surface area (Å²) in [6.07, 6.45) is 0.751. The molecule has 2 atom stereocenters. The van der Waals surface area contributed by atoms with Crippen molar-refractivity contribution in [1.29, 1.82) is 0 Å². The molecule has 1 aromatic carbocycles. The molecule has 0 aliphatic carbocycles. The minimum Gasteiger partial charge on any atom is -0.497 e. The van der Waals surface area contributed by atoms with Gasteiger partial charge in [0.05, 0.1) is 7.11 Å². The third-order valence-corrected chi connectivity index (χ3v) is 3.15. The van der Waals surface area contributed by atoms with Gasteiger partial charge in [-0.2, -0.15) is 0 Å². The molecule has 0 aliphatic heterocycles. The third kappa shape index (κ3) is 4.46. The number of methoxy groups -OCH3 is 1. The molecule has 0 bridgehead atoms. The van der Waals surface area contributed by atoms with Crippen LogP contribution < -0.4 is 21.1 Å². The Bertz CT molecular complexity index is 459. The first kappa shape index (κ1) is 15.8. The first-order valence-corrected chi connectivity index (χ1v) is 6.48. The predicted molar refractivity (Wildman–Crippen MR) is 77.6 cm³/mol. The summed E-state index contributed by atoms with van der Waals surface area (Å²) in [5.41, 5.74) is 5.74. The van der Waals surface area contributed by atoms with Crippen molar-refractivity contribution >= 4 is 17.6 Å². The normalized spacial score (nSPS) is 13.2. The summed E-state index contributed by atoms with van der Waals surface area (Å²) in [6.45, 7) is 3.83. The number of carbonyl (C=O) groups is 2. The van der Waals surface area contributed by atoms with E-state index in [0.717, 1.165) is 6.42 Å². The quantitative estimate of drug-likeness (QED) is 0.740. The van der Waals surface area contributed by atoms with Gasteiger partial charge < -0.3 is 21.1 Å². The van der Waals surface area contributed by atoms with E-state index >= 15 is 0 Å². The van der Waals surface area contributed by atoms with Gasteiger partial charge in [-0.1, -0.05) is 20.3 Å². The smallest absolute Gasteiger partial charge is 0.312 e. The number of urea groups is 1. The Morgan fingerprint density at radius 1 is 1.30 bits per heavy atom. The molecular formula is C14H21N3O3. The number of primary amides is 1. The predicted octanol–water partition coefficient (Wildman–Crippen LogP) is 1.72. The van der Waals surface area contributed by atoms with E-state index in [9.17, 15) is 9.59 Å². The summed E-state index contributed by atoms with van der Waals surface area (Å²) < 4.78 is 5.04. The van der Waals surface area contributed by atoms with Crippen LogP contribution in [0, 0.1) is 5.92 Å². The van der Waals surface area contributed by atoms with Crippen molar-refractivity contribution in [2.45, 2.75) is 26.3 Å². The number of rotatable bonds is 6. The molecule has 0 saturated carbocycles. The highest BCUT2D eigenvalue weighted by Gasteiger charge is 2.25. The first-order chi connectivity index (χ1) is 9.47. The van der Waals surface area contributed by atoms with Gasteiger partial charge in [0, 0.05) is 5.69 Å². The number of hydrogen-bond acceptors (Lipinski definition) is 3. The minimum absolute atomic E-state index is 0.0132.